The van der Waals surface area contributed by atoms with Crippen molar-refractivity contribution in [3.63, 3.8) is 0 Å². The van der Waals surface area contributed by atoms with Crippen LogP contribution in [0.1, 0.15) is 23.6 Å². The van der Waals surface area contributed by atoms with Gasteiger partial charge in [0.25, 0.3) is 0 Å². The Morgan fingerprint density at radius 3 is 2.48 bits per heavy atom. The molecule has 0 fully saturated rings. The van der Waals surface area contributed by atoms with Crippen molar-refractivity contribution >= 4 is 0 Å². The van der Waals surface area contributed by atoms with Crippen LogP contribution >= 0.6 is 0 Å². The van der Waals surface area contributed by atoms with Gasteiger partial charge in [0.05, 0.1) is 19.3 Å². The third-order valence-electron chi connectivity index (χ3n) is 3.94. The van der Waals surface area contributed by atoms with Gasteiger partial charge in [0.2, 0.25) is 0 Å². The normalized spacial score (nSPS) is 22.0. The van der Waals surface area contributed by atoms with E-state index in [1.807, 2.05) is 25.1 Å². The molecule has 1 aliphatic carbocycles. The molecule has 1 aromatic rings. The lowest BCUT2D eigenvalue weighted by Crippen LogP contribution is -2.26. The Morgan fingerprint density at radius 2 is 1.86 bits per heavy atom. The van der Waals surface area contributed by atoms with Crippen molar-refractivity contribution in [3.8, 4) is 5.75 Å². The minimum absolute atomic E-state index is 0.0909. The van der Waals surface area contributed by atoms with E-state index in [0.717, 1.165) is 22.3 Å². The van der Waals surface area contributed by atoms with Gasteiger partial charge in [-0.25, -0.2) is 0 Å². The lowest BCUT2D eigenvalue weighted by molar-refractivity contribution is 0.116. The highest BCUT2D eigenvalue weighted by atomic mass is 16.3. The first-order valence-electron chi connectivity index (χ1n) is 7.06. The van der Waals surface area contributed by atoms with Crippen molar-refractivity contribution in [1.82, 2.24) is 0 Å². The van der Waals surface area contributed by atoms with Crippen LogP contribution in [0.15, 0.2) is 35.4 Å². The zero-order chi connectivity index (χ0) is 15.6. The fourth-order valence-electron chi connectivity index (χ4n) is 2.78. The molecule has 0 radical (unpaired) electrons. The predicted octanol–water partition coefficient (Wildman–Crippen LogP) is 1.59. The second-order valence-corrected chi connectivity index (χ2v) is 5.68. The zero-order valence-electron chi connectivity index (χ0n) is 12.4. The summed E-state index contributed by atoms with van der Waals surface area (Å²) in [6.07, 6.45) is 3.82. The Balaban J connectivity index is 2.28. The highest BCUT2D eigenvalue weighted by Crippen LogP contribution is 2.28. The molecule has 0 bridgehead atoms. The van der Waals surface area contributed by atoms with Crippen molar-refractivity contribution in [2.45, 2.75) is 33.0 Å². The predicted molar refractivity (Wildman–Crippen MR) is 80.9 cm³/mol. The third-order valence-corrected chi connectivity index (χ3v) is 3.94. The number of aliphatic hydroxyl groups is 3. The maximum atomic E-state index is 9.95. The maximum absolute atomic E-state index is 9.95. The summed E-state index contributed by atoms with van der Waals surface area (Å²) in [5.41, 5.74) is 4.08. The first-order chi connectivity index (χ1) is 9.96. The molecule has 4 heteroatoms. The summed E-state index contributed by atoms with van der Waals surface area (Å²) in [4.78, 5) is 0. The Labute approximate surface area is 124 Å². The number of aromatic hydroxyl groups is 1. The lowest BCUT2D eigenvalue weighted by atomic mass is 9.86. The average Bonchev–Trinajstić information content (AvgIpc) is 2.46. The first-order valence-corrected chi connectivity index (χ1v) is 7.06. The molecule has 114 valence electrons. The summed E-state index contributed by atoms with van der Waals surface area (Å²) in [5, 5.41) is 38.4. The second kappa shape index (κ2) is 6.43. The van der Waals surface area contributed by atoms with E-state index in [9.17, 15) is 20.4 Å². The van der Waals surface area contributed by atoms with Crippen LogP contribution in [0, 0.1) is 12.8 Å². The number of phenols is 1. The topological polar surface area (TPSA) is 80.9 Å². The standard InChI is InChI=1S/C17H22O4/c1-10-3-12(6-14(8-18)16(10)20)5-13-4-11(2)17(21)15(7-13)9-19/h3-4,6-7,14,16,18-21H,5,8-9H2,1-2H3. The van der Waals surface area contributed by atoms with Gasteiger partial charge in [-0.3, -0.25) is 0 Å². The van der Waals surface area contributed by atoms with Gasteiger partial charge < -0.3 is 20.4 Å². The second-order valence-electron chi connectivity index (χ2n) is 5.68. The number of benzene rings is 1. The molecule has 1 aromatic carbocycles. The van der Waals surface area contributed by atoms with E-state index in [1.165, 1.54) is 0 Å². The monoisotopic (exact) mass is 290 g/mol. The third kappa shape index (κ3) is 3.35. The van der Waals surface area contributed by atoms with Gasteiger partial charge in [-0.05, 0) is 48.6 Å². The summed E-state index contributed by atoms with van der Waals surface area (Å²) < 4.78 is 0. The fraction of sp³-hybridized carbons (Fsp3) is 0.412. The van der Waals surface area contributed by atoms with Crippen molar-refractivity contribution in [1.29, 1.82) is 0 Å². The molecule has 2 rings (SSSR count). The van der Waals surface area contributed by atoms with Crippen molar-refractivity contribution in [2.24, 2.45) is 5.92 Å². The van der Waals surface area contributed by atoms with Crippen molar-refractivity contribution in [2.75, 3.05) is 6.61 Å². The molecule has 0 spiro atoms. The highest BCUT2D eigenvalue weighted by molar-refractivity contribution is 5.45. The van der Waals surface area contributed by atoms with Crippen LogP contribution in [-0.4, -0.2) is 33.1 Å². The quantitative estimate of drug-likeness (QED) is 0.679. The molecule has 0 saturated carbocycles. The van der Waals surface area contributed by atoms with Crippen LogP contribution in [0.2, 0.25) is 0 Å². The zero-order valence-corrected chi connectivity index (χ0v) is 12.4. The molecule has 4 N–H and O–H groups in total. The van der Waals surface area contributed by atoms with Gasteiger partial charge in [-0.15, -0.1) is 0 Å². The Kier molecular flexibility index (Phi) is 4.83. The first kappa shape index (κ1) is 15.8. The van der Waals surface area contributed by atoms with E-state index in [-0.39, 0.29) is 24.9 Å². The van der Waals surface area contributed by atoms with Crippen molar-refractivity contribution in [3.05, 3.63) is 52.1 Å². The molecular weight excluding hydrogens is 268 g/mol. The minimum atomic E-state index is -0.631. The largest absolute Gasteiger partial charge is 0.507 e. The number of allylic oxidation sites excluding steroid dienone is 2. The Morgan fingerprint density at radius 1 is 1.14 bits per heavy atom. The van der Waals surface area contributed by atoms with Crippen LogP contribution in [0.25, 0.3) is 0 Å². The molecule has 21 heavy (non-hydrogen) atoms. The summed E-state index contributed by atoms with van der Waals surface area (Å²) in [6.45, 7) is 3.36. The summed E-state index contributed by atoms with van der Waals surface area (Å²) in [7, 11) is 0. The number of aliphatic hydroxyl groups excluding tert-OH is 3. The highest BCUT2D eigenvalue weighted by Gasteiger charge is 2.22. The van der Waals surface area contributed by atoms with Gasteiger partial charge in [-0.2, -0.15) is 0 Å². The van der Waals surface area contributed by atoms with Crippen LogP contribution in [-0.2, 0) is 13.0 Å². The lowest BCUT2D eigenvalue weighted by Gasteiger charge is -2.24. The fourth-order valence-corrected chi connectivity index (χ4v) is 2.78. The molecule has 0 amide bonds. The Bertz CT molecular complexity index is 587. The molecule has 2 unspecified atom stereocenters. The van der Waals surface area contributed by atoms with Crippen molar-refractivity contribution < 1.29 is 20.4 Å². The van der Waals surface area contributed by atoms with Crippen LogP contribution in [0.3, 0.4) is 0 Å². The van der Waals surface area contributed by atoms with E-state index in [1.54, 1.807) is 13.0 Å². The van der Waals surface area contributed by atoms with E-state index >= 15 is 0 Å². The molecule has 0 aliphatic heterocycles. The van der Waals surface area contributed by atoms with Crippen LogP contribution in [0.5, 0.6) is 5.75 Å². The molecule has 1 aliphatic rings. The van der Waals surface area contributed by atoms with E-state index in [4.69, 9.17) is 0 Å². The number of rotatable bonds is 4. The van der Waals surface area contributed by atoms with Crippen LogP contribution in [0.4, 0.5) is 0 Å². The summed E-state index contributed by atoms with van der Waals surface area (Å²) in [6, 6.07) is 3.67. The van der Waals surface area contributed by atoms with Crippen LogP contribution < -0.4 is 0 Å². The molecule has 0 aromatic heterocycles. The average molecular weight is 290 g/mol. The van der Waals surface area contributed by atoms with E-state index < -0.39 is 6.10 Å². The smallest absolute Gasteiger partial charge is 0.124 e. The number of hydrogen-bond donors (Lipinski definition) is 4. The summed E-state index contributed by atoms with van der Waals surface area (Å²) >= 11 is 0. The molecule has 0 saturated heterocycles. The minimum Gasteiger partial charge on any atom is -0.507 e. The molecule has 2 atom stereocenters. The van der Waals surface area contributed by atoms with E-state index in [0.29, 0.717) is 12.0 Å². The molecular formula is C17H22O4. The number of hydrogen-bond acceptors (Lipinski definition) is 4. The van der Waals surface area contributed by atoms with Gasteiger partial charge in [0, 0.05) is 11.5 Å². The van der Waals surface area contributed by atoms with E-state index in [2.05, 4.69) is 0 Å². The SMILES string of the molecule is CC1=CC(Cc2cc(C)c(O)c(CO)c2)=CC(CO)C1O. The van der Waals surface area contributed by atoms with Gasteiger partial charge in [0.15, 0.2) is 0 Å². The molecule has 4 nitrogen and oxygen atoms in total. The van der Waals surface area contributed by atoms with Gasteiger partial charge >= 0.3 is 0 Å². The van der Waals surface area contributed by atoms with Gasteiger partial charge in [0.1, 0.15) is 5.75 Å². The number of aryl methyl sites for hydroxylation is 1. The van der Waals surface area contributed by atoms with Gasteiger partial charge in [-0.1, -0.05) is 18.2 Å². The Hall–Kier alpha value is -1.62. The maximum Gasteiger partial charge on any atom is 0.124 e. The molecule has 0 heterocycles. The summed E-state index contributed by atoms with van der Waals surface area (Å²) in [5.74, 6) is -0.144.